The van der Waals surface area contributed by atoms with Crippen LogP contribution in [-0.2, 0) is 10.0 Å². The van der Waals surface area contributed by atoms with Gasteiger partial charge in [0.2, 0.25) is 10.0 Å². The first-order valence-electron chi connectivity index (χ1n) is 5.39. The van der Waals surface area contributed by atoms with Crippen molar-refractivity contribution >= 4 is 10.0 Å². The molecule has 0 saturated carbocycles. The highest BCUT2D eigenvalue weighted by Crippen LogP contribution is 2.36. The zero-order valence-electron chi connectivity index (χ0n) is 9.70. The first kappa shape index (κ1) is 11.9. The van der Waals surface area contributed by atoms with Crippen molar-refractivity contribution in [2.24, 2.45) is 0 Å². The largest absolute Gasteiger partial charge is 0.269 e. The minimum atomic E-state index is -3.23. The van der Waals surface area contributed by atoms with E-state index in [2.05, 4.69) is 6.58 Å². The van der Waals surface area contributed by atoms with Crippen LogP contribution in [0.1, 0.15) is 18.0 Å². The normalized spacial score (nSPS) is 20.2. The lowest BCUT2D eigenvalue weighted by Gasteiger charge is -2.23. The maximum atomic E-state index is 11.7. The molecule has 1 unspecified atom stereocenters. The van der Waals surface area contributed by atoms with Crippen molar-refractivity contribution in [3.63, 3.8) is 0 Å². The summed E-state index contributed by atoms with van der Waals surface area (Å²) in [5.41, 5.74) is 1.95. The van der Waals surface area contributed by atoms with E-state index in [0.717, 1.165) is 11.1 Å². The van der Waals surface area contributed by atoms with E-state index in [9.17, 15) is 8.42 Å². The Morgan fingerprint density at radius 1 is 1.35 bits per heavy atom. The lowest BCUT2D eigenvalue weighted by atomic mass is 10.0. The molecule has 1 aliphatic rings. The first-order chi connectivity index (χ1) is 8.02. The van der Waals surface area contributed by atoms with Crippen LogP contribution >= 0.6 is 0 Å². The van der Waals surface area contributed by atoms with Crippen LogP contribution in [0.25, 0.3) is 0 Å². The molecule has 1 aromatic rings. The highest BCUT2D eigenvalue weighted by atomic mass is 32.2. The van der Waals surface area contributed by atoms with Gasteiger partial charge in [-0.3, -0.25) is 4.31 Å². The van der Waals surface area contributed by atoms with E-state index >= 15 is 0 Å². The van der Waals surface area contributed by atoms with Gasteiger partial charge in [0.25, 0.3) is 0 Å². The topological polar surface area (TPSA) is 37.4 Å². The van der Waals surface area contributed by atoms with Crippen LogP contribution in [-0.4, -0.2) is 19.0 Å². The number of nitrogens with zero attached hydrogens (tertiary/aromatic N) is 1. The zero-order valence-corrected chi connectivity index (χ0v) is 10.5. The third-order valence-electron chi connectivity index (χ3n) is 2.86. The Morgan fingerprint density at radius 3 is 2.53 bits per heavy atom. The minimum absolute atomic E-state index is 0.140. The van der Waals surface area contributed by atoms with Gasteiger partial charge in [-0.05, 0) is 17.6 Å². The first-order valence-corrected chi connectivity index (χ1v) is 7.24. The lowest BCUT2D eigenvalue weighted by Crippen LogP contribution is -2.26. The highest BCUT2D eigenvalue weighted by molar-refractivity contribution is 7.88. The quantitative estimate of drug-likeness (QED) is 0.825. The molecule has 90 valence electrons. The Balaban J connectivity index is 2.40. The van der Waals surface area contributed by atoms with E-state index in [4.69, 9.17) is 0 Å². The zero-order chi connectivity index (χ0) is 12.5. The summed E-state index contributed by atoms with van der Waals surface area (Å²) < 4.78 is 24.9. The molecular formula is C13H15NO2S. The third kappa shape index (κ3) is 2.42. The molecule has 0 N–H and O–H groups in total. The molecular weight excluding hydrogens is 234 g/mol. The number of hydrogen-bond acceptors (Lipinski definition) is 2. The van der Waals surface area contributed by atoms with Crippen molar-refractivity contribution in [1.82, 2.24) is 4.31 Å². The second-order valence-corrected chi connectivity index (χ2v) is 6.02. The van der Waals surface area contributed by atoms with Crippen LogP contribution in [0.4, 0.5) is 0 Å². The monoisotopic (exact) mass is 249 g/mol. The Bertz CT molecular complexity index is 546. The molecule has 0 spiro atoms. The molecule has 2 rings (SSSR count). The molecule has 0 fully saturated rings. The van der Waals surface area contributed by atoms with Crippen molar-refractivity contribution in [3.05, 3.63) is 60.3 Å². The smallest absolute Gasteiger partial charge is 0.232 e. The Morgan fingerprint density at radius 2 is 2.00 bits per heavy atom. The second-order valence-electron chi connectivity index (χ2n) is 4.13. The van der Waals surface area contributed by atoms with E-state index in [1.165, 1.54) is 10.6 Å². The molecule has 1 aliphatic heterocycles. The van der Waals surface area contributed by atoms with Crippen LogP contribution in [0.5, 0.6) is 0 Å². The lowest BCUT2D eigenvalue weighted by molar-refractivity contribution is 0.438. The second kappa shape index (κ2) is 4.37. The molecule has 1 aromatic carbocycles. The standard InChI is InChI=1S/C13H15NO2S/c1-3-11-9-13(12-7-5-4-6-8-12)14(10-11)17(2,15)16/h3-8,10,13H,1,9H2,2H3. The van der Waals surface area contributed by atoms with Gasteiger partial charge in [0.15, 0.2) is 0 Å². The van der Waals surface area contributed by atoms with Crippen molar-refractivity contribution in [3.8, 4) is 0 Å². The summed E-state index contributed by atoms with van der Waals surface area (Å²) in [4.78, 5) is 0. The Hall–Kier alpha value is -1.55. The summed E-state index contributed by atoms with van der Waals surface area (Å²) in [5.74, 6) is 0. The van der Waals surface area contributed by atoms with Crippen LogP contribution in [0.15, 0.2) is 54.8 Å². The van der Waals surface area contributed by atoms with Gasteiger partial charge in [0.1, 0.15) is 0 Å². The minimum Gasteiger partial charge on any atom is -0.269 e. The van der Waals surface area contributed by atoms with Crippen LogP contribution in [0.3, 0.4) is 0 Å². The number of rotatable bonds is 3. The molecule has 1 heterocycles. The van der Waals surface area contributed by atoms with Crippen LogP contribution in [0, 0.1) is 0 Å². The summed E-state index contributed by atoms with van der Waals surface area (Å²) in [6.45, 7) is 3.70. The van der Waals surface area contributed by atoms with E-state index in [-0.39, 0.29) is 6.04 Å². The van der Waals surface area contributed by atoms with Gasteiger partial charge in [-0.15, -0.1) is 0 Å². The van der Waals surface area contributed by atoms with E-state index in [1.807, 2.05) is 30.3 Å². The maximum Gasteiger partial charge on any atom is 0.232 e. The summed E-state index contributed by atoms with van der Waals surface area (Å²) in [6, 6.07) is 9.51. The molecule has 0 aliphatic carbocycles. The molecule has 3 nitrogen and oxygen atoms in total. The van der Waals surface area contributed by atoms with Gasteiger partial charge < -0.3 is 0 Å². The van der Waals surface area contributed by atoms with Crippen molar-refractivity contribution in [1.29, 1.82) is 0 Å². The highest BCUT2D eigenvalue weighted by Gasteiger charge is 2.30. The van der Waals surface area contributed by atoms with Gasteiger partial charge in [0, 0.05) is 6.20 Å². The van der Waals surface area contributed by atoms with Crippen molar-refractivity contribution in [2.75, 3.05) is 6.26 Å². The van der Waals surface area contributed by atoms with Gasteiger partial charge >= 0.3 is 0 Å². The predicted molar refractivity (Wildman–Crippen MR) is 68.8 cm³/mol. The Kier molecular flexibility index (Phi) is 3.07. The number of allylic oxidation sites excluding steroid dienone is 1. The fourth-order valence-corrected chi connectivity index (χ4v) is 3.01. The Labute approximate surface area is 102 Å². The average Bonchev–Trinajstić information content (AvgIpc) is 2.74. The summed E-state index contributed by atoms with van der Waals surface area (Å²) in [5, 5.41) is 0. The molecule has 0 amide bonds. The third-order valence-corrected chi connectivity index (χ3v) is 3.98. The van der Waals surface area contributed by atoms with Crippen LogP contribution < -0.4 is 0 Å². The number of hydrogen-bond donors (Lipinski definition) is 0. The molecule has 0 aromatic heterocycles. The van der Waals surface area contributed by atoms with Crippen LogP contribution in [0.2, 0.25) is 0 Å². The van der Waals surface area contributed by atoms with E-state index in [0.29, 0.717) is 6.42 Å². The maximum absolute atomic E-state index is 11.7. The molecule has 4 heteroatoms. The molecule has 1 atom stereocenters. The van der Waals surface area contributed by atoms with Gasteiger partial charge in [0.05, 0.1) is 12.3 Å². The SMILES string of the molecule is C=CC1=CN(S(C)(=O)=O)C(c2ccccc2)C1. The van der Waals surface area contributed by atoms with Gasteiger partial charge in [-0.2, -0.15) is 0 Å². The van der Waals surface area contributed by atoms with Crippen molar-refractivity contribution < 1.29 is 8.42 Å². The summed E-state index contributed by atoms with van der Waals surface area (Å²) in [7, 11) is -3.23. The predicted octanol–water partition coefficient (Wildman–Crippen LogP) is 2.46. The van der Waals surface area contributed by atoms with Gasteiger partial charge in [-0.1, -0.05) is 43.0 Å². The number of sulfonamides is 1. The fourth-order valence-electron chi connectivity index (χ4n) is 2.02. The molecule has 0 radical (unpaired) electrons. The fraction of sp³-hybridized carbons (Fsp3) is 0.231. The van der Waals surface area contributed by atoms with E-state index < -0.39 is 10.0 Å². The number of benzene rings is 1. The summed E-state index contributed by atoms with van der Waals surface area (Å²) in [6.07, 6.45) is 5.28. The summed E-state index contributed by atoms with van der Waals surface area (Å²) >= 11 is 0. The molecule has 0 saturated heterocycles. The molecule has 17 heavy (non-hydrogen) atoms. The molecule has 0 bridgehead atoms. The van der Waals surface area contributed by atoms with Gasteiger partial charge in [-0.25, -0.2) is 8.42 Å². The van der Waals surface area contributed by atoms with E-state index in [1.54, 1.807) is 12.3 Å². The average molecular weight is 249 g/mol. The van der Waals surface area contributed by atoms with Crippen molar-refractivity contribution in [2.45, 2.75) is 12.5 Å².